The number of carbonyl (C=O) groups is 6. The SMILES string of the molecule is NC(CC(=O)O)C(=O)NC(Cc1ccccc1)C(=O)NC(Cc1c[nH]c2ccccc12)C(=O)NC(CCC(=O)O)C(=O)O. The molecule has 228 valence electrons. The van der Waals surface area contributed by atoms with E-state index in [-0.39, 0.29) is 12.8 Å². The number of nitrogens with two attached hydrogens (primary N) is 1. The average molecular weight is 596 g/mol. The van der Waals surface area contributed by atoms with Gasteiger partial charge in [0.2, 0.25) is 17.7 Å². The van der Waals surface area contributed by atoms with E-state index in [1.54, 1.807) is 54.7 Å². The van der Waals surface area contributed by atoms with Crippen LogP contribution in [0.25, 0.3) is 10.9 Å². The van der Waals surface area contributed by atoms with Gasteiger partial charge in [0.15, 0.2) is 0 Å². The van der Waals surface area contributed by atoms with E-state index in [1.807, 2.05) is 6.07 Å². The number of hydrogen-bond acceptors (Lipinski definition) is 7. The van der Waals surface area contributed by atoms with Gasteiger partial charge in [0, 0.05) is 36.4 Å². The normalized spacial score (nSPS) is 13.7. The highest BCUT2D eigenvalue weighted by Crippen LogP contribution is 2.19. The molecule has 2 aromatic carbocycles. The van der Waals surface area contributed by atoms with E-state index in [2.05, 4.69) is 20.9 Å². The predicted octanol–water partition coefficient (Wildman–Crippen LogP) is 0.159. The lowest BCUT2D eigenvalue weighted by atomic mass is 10.0. The number of aromatic amines is 1. The molecule has 1 heterocycles. The van der Waals surface area contributed by atoms with Crippen LogP contribution in [0.4, 0.5) is 0 Å². The van der Waals surface area contributed by atoms with Gasteiger partial charge in [-0.3, -0.25) is 24.0 Å². The molecule has 0 aliphatic rings. The number of para-hydroxylation sites is 1. The molecule has 14 heteroatoms. The maximum atomic E-state index is 13.6. The Labute approximate surface area is 245 Å². The standard InChI is InChI=1S/C29H33N5O9/c30-19(14-25(37)38)26(39)33-22(12-16-6-2-1-3-7-16)27(40)34-23(13-17-15-31-20-9-5-4-8-18(17)20)28(41)32-21(29(42)43)10-11-24(35)36/h1-9,15,19,21-23,31H,10-14,30H2,(H,32,41)(H,33,39)(H,34,40)(H,35,36)(H,37,38)(H,42,43). The molecular formula is C29H33N5O9. The second-order valence-corrected chi connectivity index (χ2v) is 9.91. The molecule has 0 saturated carbocycles. The molecule has 0 fully saturated rings. The van der Waals surface area contributed by atoms with E-state index >= 15 is 0 Å². The molecule has 43 heavy (non-hydrogen) atoms. The summed E-state index contributed by atoms with van der Waals surface area (Å²) in [6, 6.07) is 10.2. The molecular weight excluding hydrogens is 562 g/mol. The quantitative estimate of drug-likeness (QED) is 0.111. The zero-order valence-electron chi connectivity index (χ0n) is 23.0. The minimum Gasteiger partial charge on any atom is -0.481 e. The number of H-pyrrole nitrogens is 1. The van der Waals surface area contributed by atoms with Crippen molar-refractivity contribution in [3.05, 3.63) is 71.9 Å². The van der Waals surface area contributed by atoms with Gasteiger partial charge >= 0.3 is 17.9 Å². The van der Waals surface area contributed by atoms with Gasteiger partial charge in [0.1, 0.15) is 18.1 Å². The van der Waals surface area contributed by atoms with Gasteiger partial charge < -0.3 is 42.0 Å². The van der Waals surface area contributed by atoms with Crippen LogP contribution in [0, 0.1) is 0 Å². The fourth-order valence-electron chi connectivity index (χ4n) is 4.42. The average Bonchev–Trinajstić information content (AvgIpc) is 3.36. The van der Waals surface area contributed by atoms with Crippen LogP contribution < -0.4 is 21.7 Å². The number of rotatable bonds is 16. The molecule has 0 saturated heterocycles. The van der Waals surface area contributed by atoms with Gasteiger partial charge in [0.25, 0.3) is 0 Å². The maximum absolute atomic E-state index is 13.6. The van der Waals surface area contributed by atoms with E-state index < -0.39 is 79.1 Å². The number of hydrogen-bond donors (Lipinski definition) is 8. The molecule has 1 aromatic heterocycles. The highest BCUT2D eigenvalue weighted by atomic mass is 16.4. The van der Waals surface area contributed by atoms with Crippen LogP contribution in [0.15, 0.2) is 60.8 Å². The largest absolute Gasteiger partial charge is 0.481 e. The van der Waals surface area contributed by atoms with Gasteiger partial charge in [-0.2, -0.15) is 0 Å². The fourth-order valence-corrected chi connectivity index (χ4v) is 4.42. The minimum absolute atomic E-state index is 0.0318. The summed E-state index contributed by atoms with van der Waals surface area (Å²) in [5.74, 6) is -6.59. The second kappa shape index (κ2) is 15.1. The third kappa shape index (κ3) is 9.67. The molecule has 0 aliphatic carbocycles. The van der Waals surface area contributed by atoms with Gasteiger partial charge in [-0.15, -0.1) is 0 Å². The highest BCUT2D eigenvalue weighted by Gasteiger charge is 2.31. The van der Waals surface area contributed by atoms with Crippen LogP contribution in [-0.4, -0.2) is 80.1 Å². The number of fused-ring (bicyclic) bond motifs is 1. The number of carbonyl (C=O) groups excluding carboxylic acids is 3. The molecule has 4 atom stereocenters. The number of amides is 3. The van der Waals surface area contributed by atoms with Crippen LogP contribution in [0.5, 0.6) is 0 Å². The minimum atomic E-state index is -1.54. The molecule has 14 nitrogen and oxygen atoms in total. The molecule has 9 N–H and O–H groups in total. The van der Waals surface area contributed by atoms with E-state index in [0.717, 1.165) is 10.9 Å². The van der Waals surface area contributed by atoms with Crippen molar-refractivity contribution in [2.24, 2.45) is 5.73 Å². The van der Waals surface area contributed by atoms with Crippen molar-refractivity contribution in [1.29, 1.82) is 0 Å². The van der Waals surface area contributed by atoms with Crippen LogP contribution in [-0.2, 0) is 41.6 Å². The Balaban J connectivity index is 1.90. The molecule has 3 amide bonds. The van der Waals surface area contributed by atoms with Gasteiger partial charge in [-0.05, 0) is 23.6 Å². The first-order chi connectivity index (χ1) is 20.4. The zero-order valence-corrected chi connectivity index (χ0v) is 23.0. The van der Waals surface area contributed by atoms with Gasteiger partial charge in [-0.1, -0.05) is 48.5 Å². The van der Waals surface area contributed by atoms with E-state index in [0.29, 0.717) is 11.1 Å². The van der Waals surface area contributed by atoms with Crippen molar-refractivity contribution in [3.8, 4) is 0 Å². The van der Waals surface area contributed by atoms with Crippen molar-refractivity contribution in [1.82, 2.24) is 20.9 Å². The lowest BCUT2D eigenvalue weighted by Gasteiger charge is -2.25. The van der Waals surface area contributed by atoms with E-state index in [9.17, 15) is 33.9 Å². The smallest absolute Gasteiger partial charge is 0.326 e. The number of aliphatic carboxylic acids is 3. The number of carboxylic acid groups (broad SMARTS) is 3. The first kappa shape index (κ1) is 32.3. The Bertz CT molecular complexity index is 1470. The summed E-state index contributed by atoms with van der Waals surface area (Å²) in [5, 5.41) is 35.7. The van der Waals surface area contributed by atoms with Crippen LogP contribution >= 0.6 is 0 Å². The van der Waals surface area contributed by atoms with E-state index in [1.165, 1.54) is 0 Å². The Morgan fingerprint density at radius 3 is 1.93 bits per heavy atom. The molecule has 0 radical (unpaired) electrons. The molecule has 3 rings (SSSR count). The Morgan fingerprint density at radius 1 is 0.721 bits per heavy atom. The highest BCUT2D eigenvalue weighted by molar-refractivity contribution is 5.95. The third-order valence-electron chi connectivity index (χ3n) is 6.64. The summed E-state index contributed by atoms with van der Waals surface area (Å²) >= 11 is 0. The predicted molar refractivity (Wildman–Crippen MR) is 153 cm³/mol. The maximum Gasteiger partial charge on any atom is 0.326 e. The van der Waals surface area contributed by atoms with Crippen molar-refractivity contribution < 1.29 is 44.1 Å². The number of benzene rings is 2. The molecule has 0 bridgehead atoms. The third-order valence-corrected chi connectivity index (χ3v) is 6.64. The molecule has 0 aliphatic heterocycles. The topological polar surface area (TPSA) is 241 Å². The van der Waals surface area contributed by atoms with Gasteiger partial charge in [-0.25, -0.2) is 4.79 Å². The van der Waals surface area contributed by atoms with Crippen LogP contribution in [0.3, 0.4) is 0 Å². The zero-order chi connectivity index (χ0) is 31.5. The van der Waals surface area contributed by atoms with Crippen molar-refractivity contribution in [2.45, 2.75) is 56.3 Å². The summed E-state index contributed by atoms with van der Waals surface area (Å²) in [6.07, 6.45) is -0.0570. The van der Waals surface area contributed by atoms with E-state index in [4.69, 9.17) is 15.9 Å². The summed E-state index contributed by atoms with van der Waals surface area (Å²) in [4.78, 5) is 76.6. The molecule has 4 unspecified atom stereocenters. The van der Waals surface area contributed by atoms with Crippen LogP contribution in [0.1, 0.15) is 30.4 Å². The molecule has 0 spiro atoms. The van der Waals surface area contributed by atoms with Gasteiger partial charge in [0.05, 0.1) is 12.5 Å². The van der Waals surface area contributed by atoms with Crippen molar-refractivity contribution in [2.75, 3.05) is 0 Å². The Hall–Kier alpha value is -5.24. The summed E-state index contributed by atoms with van der Waals surface area (Å²) < 4.78 is 0. The Morgan fingerprint density at radius 2 is 1.30 bits per heavy atom. The monoisotopic (exact) mass is 595 g/mol. The number of nitrogens with one attached hydrogen (secondary N) is 4. The van der Waals surface area contributed by atoms with Crippen LogP contribution in [0.2, 0.25) is 0 Å². The van der Waals surface area contributed by atoms with Crippen molar-refractivity contribution in [3.63, 3.8) is 0 Å². The lowest BCUT2D eigenvalue weighted by molar-refractivity contribution is -0.143. The molecule has 3 aromatic rings. The fraction of sp³-hybridized carbons (Fsp3) is 0.310. The first-order valence-corrected chi connectivity index (χ1v) is 13.4. The Kier molecular flexibility index (Phi) is 11.3. The summed E-state index contributed by atoms with van der Waals surface area (Å²) in [5.41, 5.74) is 7.73. The number of aromatic nitrogens is 1. The summed E-state index contributed by atoms with van der Waals surface area (Å²) in [7, 11) is 0. The second-order valence-electron chi connectivity index (χ2n) is 9.91. The van der Waals surface area contributed by atoms with Crippen molar-refractivity contribution >= 4 is 46.5 Å². The first-order valence-electron chi connectivity index (χ1n) is 13.4. The summed E-state index contributed by atoms with van der Waals surface area (Å²) in [6.45, 7) is 0. The lowest BCUT2D eigenvalue weighted by Crippen LogP contribution is -2.58. The number of carboxylic acids is 3.